The highest BCUT2D eigenvalue weighted by atomic mass is 16.7. The third-order valence-corrected chi connectivity index (χ3v) is 15.0. The Morgan fingerprint density at radius 3 is 1.18 bits per heavy atom. The van der Waals surface area contributed by atoms with E-state index >= 15 is 0 Å². The second-order valence-electron chi connectivity index (χ2n) is 21.9. The van der Waals surface area contributed by atoms with Crippen LogP contribution in [-0.2, 0) is 14.3 Å². The van der Waals surface area contributed by atoms with E-state index in [1.165, 1.54) is 250 Å². The van der Waals surface area contributed by atoms with Crippen molar-refractivity contribution in [1.29, 1.82) is 0 Å². The largest absolute Gasteiger partial charge is 0.394 e. The fourth-order valence-electron chi connectivity index (χ4n) is 10.1. The molecule has 9 heteroatoms. The van der Waals surface area contributed by atoms with Gasteiger partial charge in [0.2, 0.25) is 5.91 Å². The van der Waals surface area contributed by atoms with Crippen molar-refractivity contribution in [2.24, 2.45) is 0 Å². The third kappa shape index (κ3) is 41.6. The Morgan fingerprint density at radius 2 is 0.803 bits per heavy atom. The predicted octanol–water partition coefficient (Wildman–Crippen LogP) is 15.7. The van der Waals surface area contributed by atoms with Gasteiger partial charge in [-0.15, -0.1) is 0 Å². The van der Waals surface area contributed by atoms with Crippen LogP contribution in [0, 0.1) is 0 Å². The lowest BCUT2D eigenvalue weighted by Crippen LogP contribution is -2.60. The second kappa shape index (κ2) is 52.1. The molecule has 420 valence electrons. The number of aliphatic hydroxyl groups excluding tert-OH is 5. The number of allylic oxidation sites excluding steroid dienone is 3. The topological polar surface area (TPSA) is 149 Å². The Kier molecular flexibility index (Phi) is 49.7. The molecule has 6 N–H and O–H groups in total. The Balaban J connectivity index is 2.02. The van der Waals surface area contributed by atoms with Crippen LogP contribution in [0.3, 0.4) is 0 Å². The maximum Gasteiger partial charge on any atom is 0.220 e. The van der Waals surface area contributed by atoms with Gasteiger partial charge in [-0.2, -0.15) is 0 Å². The van der Waals surface area contributed by atoms with Crippen LogP contribution in [-0.4, -0.2) is 87.5 Å². The Morgan fingerprint density at radius 1 is 0.465 bits per heavy atom. The van der Waals surface area contributed by atoms with Crippen LogP contribution in [0.1, 0.15) is 309 Å². The van der Waals surface area contributed by atoms with Gasteiger partial charge in [-0.1, -0.05) is 295 Å². The minimum absolute atomic E-state index is 0.182. The number of amides is 1. The Labute approximate surface area is 439 Å². The third-order valence-electron chi connectivity index (χ3n) is 15.0. The monoisotopic (exact) mass is 1010 g/mol. The van der Waals surface area contributed by atoms with Crippen LogP contribution < -0.4 is 5.32 Å². The zero-order chi connectivity index (χ0) is 51.5. The van der Waals surface area contributed by atoms with E-state index in [9.17, 15) is 30.3 Å². The molecule has 0 radical (unpaired) electrons. The van der Waals surface area contributed by atoms with Gasteiger partial charge in [-0.3, -0.25) is 4.79 Å². The number of carbonyl (C=O) groups is 1. The number of ether oxygens (including phenoxy) is 2. The summed E-state index contributed by atoms with van der Waals surface area (Å²) in [6, 6.07) is -0.817. The van der Waals surface area contributed by atoms with Gasteiger partial charge in [0.15, 0.2) is 6.29 Å². The molecule has 0 aromatic heterocycles. The number of nitrogens with one attached hydrogen (secondary N) is 1. The molecule has 1 rings (SSSR count). The minimum Gasteiger partial charge on any atom is -0.394 e. The molecule has 71 heavy (non-hydrogen) atoms. The van der Waals surface area contributed by atoms with Gasteiger partial charge in [0.05, 0.1) is 25.4 Å². The molecule has 1 fully saturated rings. The summed E-state index contributed by atoms with van der Waals surface area (Å²) in [4.78, 5) is 13.0. The molecular formula is C62H119NO8. The van der Waals surface area contributed by atoms with Crippen molar-refractivity contribution in [1.82, 2.24) is 5.32 Å². The Bertz CT molecular complexity index is 1170. The summed E-state index contributed by atoms with van der Waals surface area (Å²) in [5.74, 6) is -0.182. The van der Waals surface area contributed by atoms with Crippen molar-refractivity contribution >= 4 is 5.91 Å². The smallest absolute Gasteiger partial charge is 0.220 e. The van der Waals surface area contributed by atoms with Gasteiger partial charge in [0, 0.05) is 6.42 Å². The fraction of sp³-hybridized carbons (Fsp3) is 0.919. The van der Waals surface area contributed by atoms with Gasteiger partial charge in [0.1, 0.15) is 24.4 Å². The molecule has 0 aliphatic carbocycles. The average molecular weight is 1010 g/mol. The molecule has 9 nitrogen and oxygen atoms in total. The van der Waals surface area contributed by atoms with Crippen LogP contribution in [0.4, 0.5) is 0 Å². The van der Waals surface area contributed by atoms with Gasteiger partial charge < -0.3 is 40.3 Å². The van der Waals surface area contributed by atoms with Crippen molar-refractivity contribution in [3.63, 3.8) is 0 Å². The predicted molar refractivity (Wildman–Crippen MR) is 300 cm³/mol. The average Bonchev–Trinajstić information content (AvgIpc) is 3.37. The first-order valence-corrected chi connectivity index (χ1v) is 31.1. The van der Waals surface area contributed by atoms with E-state index < -0.39 is 49.5 Å². The summed E-state index contributed by atoms with van der Waals surface area (Å²) in [5.41, 5.74) is 0. The molecule has 0 aromatic rings. The number of hydrogen-bond donors (Lipinski definition) is 6. The quantitative estimate of drug-likeness (QED) is 0.0261. The molecular weight excluding hydrogens is 887 g/mol. The highest BCUT2D eigenvalue weighted by Gasteiger charge is 2.44. The molecule has 0 aromatic carbocycles. The molecule has 1 amide bonds. The van der Waals surface area contributed by atoms with Crippen molar-refractivity contribution in [3.05, 3.63) is 24.3 Å². The molecule has 0 bridgehead atoms. The van der Waals surface area contributed by atoms with Gasteiger partial charge in [-0.05, 0) is 32.1 Å². The summed E-state index contributed by atoms with van der Waals surface area (Å²) in [7, 11) is 0. The summed E-state index contributed by atoms with van der Waals surface area (Å²) in [6.45, 7) is 3.76. The van der Waals surface area contributed by atoms with E-state index in [1.54, 1.807) is 6.08 Å². The minimum atomic E-state index is -1.57. The summed E-state index contributed by atoms with van der Waals surface area (Å²) >= 11 is 0. The number of carbonyl (C=O) groups excluding carboxylic acids is 1. The van der Waals surface area contributed by atoms with Crippen molar-refractivity contribution in [3.8, 4) is 0 Å². The van der Waals surface area contributed by atoms with Crippen LogP contribution >= 0.6 is 0 Å². The van der Waals surface area contributed by atoms with E-state index in [0.29, 0.717) is 6.42 Å². The lowest BCUT2D eigenvalue weighted by atomic mass is 9.99. The zero-order valence-corrected chi connectivity index (χ0v) is 46.8. The molecule has 0 spiro atoms. The summed E-state index contributed by atoms with van der Waals surface area (Å²) in [5, 5.41) is 54.3. The van der Waals surface area contributed by atoms with E-state index in [-0.39, 0.29) is 12.5 Å². The van der Waals surface area contributed by atoms with E-state index in [0.717, 1.165) is 38.5 Å². The van der Waals surface area contributed by atoms with E-state index in [2.05, 4.69) is 31.3 Å². The zero-order valence-electron chi connectivity index (χ0n) is 46.8. The number of unbranched alkanes of at least 4 members (excludes halogenated alkanes) is 42. The van der Waals surface area contributed by atoms with Gasteiger partial charge in [0.25, 0.3) is 0 Å². The van der Waals surface area contributed by atoms with Gasteiger partial charge in [-0.25, -0.2) is 0 Å². The highest BCUT2D eigenvalue weighted by molar-refractivity contribution is 5.76. The van der Waals surface area contributed by atoms with Gasteiger partial charge >= 0.3 is 0 Å². The van der Waals surface area contributed by atoms with Crippen LogP contribution in [0.2, 0.25) is 0 Å². The maximum absolute atomic E-state index is 13.0. The number of hydrogen-bond acceptors (Lipinski definition) is 8. The first-order valence-electron chi connectivity index (χ1n) is 31.1. The summed E-state index contributed by atoms with van der Waals surface area (Å²) < 4.78 is 11.2. The molecule has 1 heterocycles. The molecule has 7 unspecified atom stereocenters. The van der Waals surface area contributed by atoms with Crippen LogP contribution in [0.5, 0.6) is 0 Å². The molecule has 1 aliphatic heterocycles. The number of rotatable bonds is 54. The van der Waals surface area contributed by atoms with Crippen LogP contribution in [0.15, 0.2) is 24.3 Å². The first kappa shape index (κ1) is 67.7. The first-order chi connectivity index (χ1) is 34.8. The SMILES string of the molecule is CCCCCCC/C=C/CC/C=C/C(O)C(COC1OC(CO)C(O)C(O)C1O)NC(=O)CCCCCCCCCCCCCCCCCCCCCCCCCCCCCCCCCCCCCCC. The molecule has 7 atom stereocenters. The molecule has 1 aliphatic rings. The van der Waals surface area contributed by atoms with Crippen molar-refractivity contribution in [2.45, 2.75) is 352 Å². The lowest BCUT2D eigenvalue weighted by Gasteiger charge is -2.40. The second-order valence-corrected chi connectivity index (χ2v) is 21.9. The van der Waals surface area contributed by atoms with Crippen molar-refractivity contribution < 1.29 is 39.8 Å². The fourth-order valence-corrected chi connectivity index (χ4v) is 10.1. The molecule has 0 saturated carbocycles. The van der Waals surface area contributed by atoms with E-state index in [1.807, 2.05) is 6.08 Å². The van der Waals surface area contributed by atoms with Crippen LogP contribution in [0.25, 0.3) is 0 Å². The Hall–Kier alpha value is -1.33. The number of aliphatic hydroxyl groups is 5. The standard InChI is InChI=1S/C62H119NO8/c1-3-5-7-9-11-13-15-16-17-18-19-20-21-22-23-24-25-26-27-28-29-30-31-32-33-34-35-36-37-38-39-40-42-44-46-48-50-52-58(66)63-55(54-70-62-61(69)60(68)59(67)57(53-64)71-62)56(65)51-49-47-45-43-41-14-12-10-8-6-4-2/h41,43,49,51,55-57,59-62,64-65,67-69H,3-40,42,44-48,50,52-54H2,1-2H3,(H,63,66)/b43-41+,51-49+. The van der Waals surface area contributed by atoms with Crippen molar-refractivity contribution in [2.75, 3.05) is 13.2 Å². The molecule has 1 saturated heterocycles. The lowest BCUT2D eigenvalue weighted by molar-refractivity contribution is -0.302. The maximum atomic E-state index is 13.0. The normalized spacial score (nSPS) is 19.3. The van der Waals surface area contributed by atoms with E-state index in [4.69, 9.17) is 9.47 Å². The summed E-state index contributed by atoms with van der Waals surface area (Å²) in [6.07, 6.45) is 60.2. The highest BCUT2D eigenvalue weighted by Crippen LogP contribution is 2.23.